The number of nitrogens with two attached hydrogens (primary N) is 1. The zero-order valence-electron chi connectivity index (χ0n) is 10.3. The van der Waals surface area contributed by atoms with Gasteiger partial charge < -0.3 is 11.1 Å². The molecule has 3 nitrogen and oxygen atoms in total. The average Bonchev–Trinajstić information content (AvgIpc) is 2.28. The first-order chi connectivity index (χ1) is 8.15. The molecule has 0 radical (unpaired) electrons. The SMILES string of the molecule is CCC1(CNC(=O)c2cccc(N)c2)CCC1. The van der Waals surface area contributed by atoms with Gasteiger partial charge in [-0.05, 0) is 42.9 Å². The molecule has 17 heavy (non-hydrogen) atoms. The monoisotopic (exact) mass is 232 g/mol. The van der Waals surface area contributed by atoms with Crippen molar-refractivity contribution >= 4 is 11.6 Å². The Kier molecular flexibility index (Phi) is 3.36. The number of nitrogens with one attached hydrogen (secondary N) is 1. The first-order valence-corrected chi connectivity index (χ1v) is 6.29. The Labute approximate surface area is 102 Å². The molecule has 0 aliphatic heterocycles. The van der Waals surface area contributed by atoms with Gasteiger partial charge in [0.1, 0.15) is 0 Å². The maximum atomic E-state index is 11.9. The van der Waals surface area contributed by atoms with E-state index in [1.165, 1.54) is 19.3 Å². The Morgan fingerprint density at radius 1 is 1.47 bits per heavy atom. The van der Waals surface area contributed by atoms with Crippen LogP contribution >= 0.6 is 0 Å². The van der Waals surface area contributed by atoms with Gasteiger partial charge in [0.25, 0.3) is 5.91 Å². The largest absolute Gasteiger partial charge is 0.399 e. The molecule has 1 fully saturated rings. The molecular formula is C14H20N2O. The second kappa shape index (κ2) is 4.78. The van der Waals surface area contributed by atoms with Crippen LogP contribution in [0.4, 0.5) is 5.69 Å². The molecule has 2 rings (SSSR count). The van der Waals surface area contributed by atoms with Crippen molar-refractivity contribution in [3.8, 4) is 0 Å². The van der Waals surface area contributed by atoms with E-state index in [1.807, 2.05) is 6.07 Å². The number of rotatable bonds is 4. The standard InChI is InChI=1S/C14H20N2O/c1-2-14(7-4-8-14)10-16-13(17)11-5-3-6-12(15)9-11/h3,5-6,9H,2,4,7-8,10,15H2,1H3,(H,16,17). The first-order valence-electron chi connectivity index (χ1n) is 6.29. The maximum Gasteiger partial charge on any atom is 0.251 e. The lowest BCUT2D eigenvalue weighted by Crippen LogP contribution is -2.41. The van der Waals surface area contributed by atoms with Gasteiger partial charge in [-0.1, -0.05) is 19.4 Å². The summed E-state index contributed by atoms with van der Waals surface area (Å²) >= 11 is 0. The fourth-order valence-electron chi connectivity index (χ4n) is 2.38. The van der Waals surface area contributed by atoms with Crippen molar-refractivity contribution in [1.29, 1.82) is 0 Å². The molecule has 0 heterocycles. The molecule has 92 valence electrons. The molecule has 1 saturated carbocycles. The quantitative estimate of drug-likeness (QED) is 0.784. The van der Waals surface area contributed by atoms with Crippen LogP contribution in [0.3, 0.4) is 0 Å². The van der Waals surface area contributed by atoms with Gasteiger partial charge in [-0.2, -0.15) is 0 Å². The lowest BCUT2D eigenvalue weighted by atomic mass is 9.67. The molecule has 1 aliphatic carbocycles. The zero-order valence-corrected chi connectivity index (χ0v) is 10.3. The molecule has 0 bridgehead atoms. The van der Waals surface area contributed by atoms with Gasteiger partial charge in [0, 0.05) is 17.8 Å². The van der Waals surface area contributed by atoms with Gasteiger partial charge in [0.15, 0.2) is 0 Å². The summed E-state index contributed by atoms with van der Waals surface area (Å²) in [6.45, 7) is 2.99. The number of amides is 1. The van der Waals surface area contributed by atoms with Gasteiger partial charge in [-0.25, -0.2) is 0 Å². The fraction of sp³-hybridized carbons (Fsp3) is 0.500. The lowest BCUT2D eigenvalue weighted by molar-refractivity contribution is 0.0850. The molecule has 0 aromatic heterocycles. The van der Waals surface area contributed by atoms with Gasteiger partial charge in [-0.15, -0.1) is 0 Å². The Morgan fingerprint density at radius 2 is 2.24 bits per heavy atom. The van der Waals surface area contributed by atoms with E-state index < -0.39 is 0 Å². The van der Waals surface area contributed by atoms with Crippen LogP contribution in [-0.4, -0.2) is 12.5 Å². The summed E-state index contributed by atoms with van der Waals surface area (Å²) in [5.74, 6) is -0.0166. The van der Waals surface area contributed by atoms with Crippen molar-refractivity contribution in [2.75, 3.05) is 12.3 Å². The second-order valence-electron chi connectivity index (χ2n) is 5.02. The summed E-state index contributed by atoms with van der Waals surface area (Å²) < 4.78 is 0. The van der Waals surface area contributed by atoms with Crippen LogP contribution in [-0.2, 0) is 0 Å². The van der Waals surface area contributed by atoms with E-state index in [9.17, 15) is 4.79 Å². The third kappa shape index (κ3) is 2.60. The van der Waals surface area contributed by atoms with Gasteiger partial charge in [0.2, 0.25) is 0 Å². The summed E-state index contributed by atoms with van der Waals surface area (Å²) in [5.41, 5.74) is 7.30. The molecule has 3 N–H and O–H groups in total. The molecule has 1 aromatic rings. The Balaban J connectivity index is 1.93. The third-order valence-electron chi connectivity index (χ3n) is 3.94. The molecule has 1 aromatic carbocycles. The normalized spacial score (nSPS) is 17.2. The molecule has 1 amide bonds. The highest BCUT2D eigenvalue weighted by molar-refractivity contribution is 5.95. The van der Waals surface area contributed by atoms with Crippen molar-refractivity contribution in [1.82, 2.24) is 5.32 Å². The van der Waals surface area contributed by atoms with Crippen molar-refractivity contribution in [2.24, 2.45) is 5.41 Å². The van der Waals surface area contributed by atoms with Gasteiger partial charge in [0.05, 0.1) is 0 Å². The minimum atomic E-state index is -0.0166. The number of carbonyl (C=O) groups is 1. The van der Waals surface area contributed by atoms with E-state index in [2.05, 4.69) is 12.2 Å². The van der Waals surface area contributed by atoms with Gasteiger partial charge in [-0.3, -0.25) is 4.79 Å². The molecular weight excluding hydrogens is 212 g/mol. The molecule has 0 atom stereocenters. The molecule has 3 heteroatoms. The molecule has 0 unspecified atom stereocenters. The van der Waals surface area contributed by atoms with Crippen LogP contribution in [0.25, 0.3) is 0 Å². The lowest BCUT2D eigenvalue weighted by Gasteiger charge is -2.41. The van der Waals surface area contributed by atoms with E-state index in [1.54, 1.807) is 18.2 Å². The Bertz CT molecular complexity index is 405. The van der Waals surface area contributed by atoms with Crippen LogP contribution in [0.1, 0.15) is 43.0 Å². The topological polar surface area (TPSA) is 55.1 Å². The zero-order chi connectivity index (χ0) is 12.3. The van der Waals surface area contributed by atoms with Crippen LogP contribution < -0.4 is 11.1 Å². The molecule has 0 spiro atoms. The van der Waals surface area contributed by atoms with Crippen LogP contribution in [0, 0.1) is 5.41 Å². The highest BCUT2D eigenvalue weighted by Crippen LogP contribution is 2.43. The number of hydrogen-bond donors (Lipinski definition) is 2. The van der Waals surface area contributed by atoms with E-state index in [-0.39, 0.29) is 5.91 Å². The third-order valence-corrected chi connectivity index (χ3v) is 3.94. The summed E-state index contributed by atoms with van der Waals surface area (Å²) in [6, 6.07) is 7.11. The van der Waals surface area contributed by atoms with Crippen LogP contribution in [0.5, 0.6) is 0 Å². The second-order valence-corrected chi connectivity index (χ2v) is 5.02. The summed E-state index contributed by atoms with van der Waals surface area (Å²) in [4.78, 5) is 11.9. The van der Waals surface area contributed by atoms with E-state index in [0.717, 1.165) is 13.0 Å². The maximum absolute atomic E-state index is 11.9. The van der Waals surface area contributed by atoms with Crippen LogP contribution in [0.15, 0.2) is 24.3 Å². The van der Waals surface area contributed by atoms with E-state index in [0.29, 0.717) is 16.7 Å². The van der Waals surface area contributed by atoms with Crippen LogP contribution in [0.2, 0.25) is 0 Å². The van der Waals surface area contributed by atoms with Crippen molar-refractivity contribution in [2.45, 2.75) is 32.6 Å². The van der Waals surface area contributed by atoms with Gasteiger partial charge >= 0.3 is 0 Å². The summed E-state index contributed by atoms with van der Waals surface area (Å²) in [7, 11) is 0. The number of benzene rings is 1. The van der Waals surface area contributed by atoms with E-state index in [4.69, 9.17) is 5.73 Å². The summed E-state index contributed by atoms with van der Waals surface area (Å²) in [6.07, 6.45) is 4.91. The predicted molar refractivity (Wildman–Crippen MR) is 69.8 cm³/mol. The highest BCUT2D eigenvalue weighted by atomic mass is 16.1. The number of nitrogen functional groups attached to an aromatic ring is 1. The first kappa shape index (κ1) is 12.0. The number of hydrogen-bond acceptors (Lipinski definition) is 2. The number of anilines is 1. The van der Waals surface area contributed by atoms with Crippen molar-refractivity contribution < 1.29 is 4.79 Å². The minimum absolute atomic E-state index is 0.0166. The van der Waals surface area contributed by atoms with E-state index >= 15 is 0 Å². The highest BCUT2D eigenvalue weighted by Gasteiger charge is 2.35. The number of carbonyl (C=O) groups excluding carboxylic acids is 1. The molecule has 1 aliphatic rings. The Hall–Kier alpha value is -1.51. The molecule has 0 saturated heterocycles. The Morgan fingerprint density at radius 3 is 2.76 bits per heavy atom. The smallest absolute Gasteiger partial charge is 0.251 e. The van der Waals surface area contributed by atoms with Crippen molar-refractivity contribution in [3.05, 3.63) is 29.8 Å². The minimum Gasteiger partial charge on any atom is -0.399 e. The average molecular weight is 232 g/mol. The predicted octanol–water partition coefficient (Wildman–Crippen LogP) is 2.58. The fourth-order valence-corrected chi connectivity index (χ4v) is 2.38. The van der Waals surface area contributed by atoms with Crippen molar-refractivity contribution in [3.63, 3.8) is 0 Å². The summed E-state index contributed by atoms with van der Waals surface area (Å²) in [5, 5.41) is 3.03.